The first kappa shape index (κ1) is 24.1. The van der Waals surface area contributed by atoms with Crippen molar-refractivity contribution in [3.8, 4) is 0 Å². The van der Waals surface area contributed by atoms with Crippen molar-refractivity contribution in [3.05, 3.63) is 65.7 Å². The zero-order valence-electron chi connectivity index (χ0n) is 16.5. The van der Waals surface area contributed by atoms with E-state index >= 15 is 0 Å². The van der Waals surface area contributed by atoms with Crippen molar-refractivity contribution in [2.45, 2.75) is 47.2 Å². The highest BCUT2D eigenvalue weighted by Crippen LogP contribution is 2.55. The standard InChI is InChI=1S/C21H18F6O4S/c1-18(20(22,23)24,21(25,26)27)14-7-9-15(10-8-14)19(11-13(12-19)17(28)29)32(30,31)16-5-3-2-4-6-16/h2-10,13H,11-12H2,1H3,(H,28,29). The number of rotatable bonds is 5. The summed E-state index contributed by atoms with van der Waals surface area (Å²) in [7, 11) is -4.20. The van der Waals surface area contributed by atoms with Gasteiger partial charge in [-0.2, -0.15) is 26.3 Å². The van der Waals surface area contributed by atoms with Crippen LogP contribution in [0.5, 0.6) is 0 Å². The van der Waals surface area contributed by atoms with E-state index in [9.17, 15) is 44.7 Å². The lowest BCUT2D eigenvalue weighted by Crippen LogP contribution is -2.52. The molecule has 0 aromatic heterocycles. The van der Waals surface area contributed by atoms with E-state index in [2.05, 4.69) is 0 Å². The van der Waals surface area contributed by atoms with Crippen molar-refractivity contribution < 1.29 is 44.7 Å². The normalized spacial score (nSPS) is 22.3. The van der Waals surface area contributed by atoms with Crippen LogP contribution in [-0.2, 0) is 24.8 Å². The van der Waals surface area contributed by atoms with Crippen LogP contribution in [0.15, 0.2) is 59.5 Å². The molecule has 1 aliphatic carbocycles. The monoisotopic (exact) mass is 480 g/mol. The molecular formula is C21H18F6O4S. The Morgan fingerprint density at radius 3 is 1.78 bits per heavy atom. The lowest BCUT2D eigenvalue weighted by Gasteiger charge is -2.45. The van der Waals surface area contributed by atoms with Gasteiger partial charge in [-0.05, 0) is 43.0 Å². The fourth-order valence-corrected chi connectivity index (χ4v) is 6.20. The van der Waals surface area contributed by atoms with E-state index in [-0.39, 0.29) is 30.2 Å². The summed E-state index contributed by atoms with van der Waals surface area (Å²) in [5.74, 6) is -2.24. The lowest BCUT2D eigenvalue weighted by atomic mass is 9.70. The summed E-state index contributed by atoms with van der Waals surface area (Å²) in [5, 5.41) is 9.23. The Kier molecular flexibility index (Phi) is 5.64. The molecule has 0 saturated heterocycles. The summed E-state index contributed by atoms with van der Waals surface area (Å²) in [4.78, 5) is 11.2. The Balaban J connectivity index is 2.12. The van der Waals surface area contributed by atoms with Gasteiger partial charge in [0.15, 0.2) is 15.3 Å². The average Bonchev–Trinajstić information content (AvgIpc) is 2.65. The molecule has 1 N–H and O–H groups in total. The predicted octanol–water partition coefficient (Wildman–Crippen LogP) is 5.23. The number of hydrogen-bond donors (Lipinski definition) is 1. The third-order valence-electron chi connectivity index (χ3n) is 6.19. The van der Waals surface area contributed by atoms with Crippen LogP contribution in [0.2, 0.25) is 0 Å². The first-order valence-corrected chi connectivity index (χ1v) is 10.8. The number of benzene rings is 2. The lowest BCUT2D eigenvalue weighted by molar-refractivity contribution is -0.297. The Bertz CT molecular complexity index is 1090. The van der Waals surface area contributed by atoms with Crippen LogP contribution in [0.25, 0.3) is 0 Å². The van der Waals surface area contributed by atoms with Crippen LogP contribution < -0.4 is 0 Å². The number of alkyl halides is 6. The van der Waals surface area contributed by atoms with Gasteiger partial charge in [0.2, 0.25) is 0 Å². The molecule has 0 amide bonds. The van der Waals surface area contributed by atoms with Crippen LogP contribution in [0.3, 0.4) is 0 Å². The van der Waals surface area contributed by atoms with Gasteiger partial charge in [0, 0.05) is 0 Å². The maximum Gasteiger partial charge on any atom is 0.406 e. The van der Waals surface area contributed by atoms with Crippen molar-refractivity contribution in [2.75, 3.05) is 0 Å². The molecule has 0 bridgehead atoms. The molecule has 174 valence electrons. The highest BCUT2D eigenvalue weighted by molar-refractivity contribution is 7.92. The molecule has 32 heavy (non-hydrogen) atoms. The van der Waals surface area contributed by atoms with Gasteiger partial charge in [0.05, 0.1) is 10.8 Å². The molecule has 4 nitrogen and oxygen atoms in total. The summed E-state index contributed by atoms with van der Waals surface area (Å²) in [6.45, 7) is 0.0162. The second-order valence-electron chi connectivity index (χ2n) is 7.95. The van der Waals surface area contributed by atoms with Crippen molar-refractivity contribution >= 4 is 15.8 Å². The van der Waals surface area contributed by atoms with E-state index in [0.717, 1.165) is 12.1 Å². The maximum atomic E-state index is 13.4. The molecule has 0 atom stereocenters. The quantitative estimate of drug-likeness (QED) is 0.595. The third-order valence-corrected chi connectivity index (χ3v) is 8.68. The Labute approximate surface area is 179 Å². The molecule has 3 rings (SSSR count). The van der Waals surface area contributed by atoms with Crippen LogP contribution in [-0.4, -0.2) is 31.8 Å². The Morgan fingerprint density at radius 2 is 1.38 bits per heavy atom. The molecule has 11 heteroatoms. The van der Waals surface area contributed by atoms with Gasteiger partial charge in [-0.3, -0.25) is 4.79 Å². The van der Waals surface area contributed by atoms with Gasteiger partial charge in [-0.25, -0.2) is 8.42 Å². The number of sulfone groups is 1. The molecule has 0 spiro atoms. The van der Waals surface area contributed by atoms with E-state index in [1.165, 1.54) is 24.3 Å². The van der Waals surface area contributed by atoms with Crippen molar-refractivity contribution in [3.63, 3.8) is 0 Å². The van der Waals surface area contributed by atoms with Crippen LogP contribution in [0, 0.1) is 5.92 Å². The average molecular weight is 480 g/mol. The van der Waals surface area contributed by atoms with Gasteiger partial charge in [0.25, 0.3) is 0 Å². The highest BCUT2D eigenvalue weighted by atomic mass is 32.2. The summed E-state index contributed by atoms with van der Waals surface area (Å²) >= 11 is 0. The predicted molar refractivity (Wildman–Crippen MR) is 102 cm³/mol. The Hall–Kier alpha value is -2.56. The number of hydrogen-bond acceptors (Lipinski definition) is 3. The molecule has 1 fully saturated rings. The summed E-state index contributed by atoms with van der Waals surface area (Å²) in [6, 6.07) is 10.1. The van der Waals surface area contributed by atoms with Crippen LogP contribution in [0.4, 0.5) is 26.3 Å². The topological polar surface area (TPSA) is 71.4 Å². The summed E-state index contributed by atoms with van der Waals surface area (Å²) in [6.07, 6.45) is -12.0. The largest absolute Gasteiger partial charge is 0.481 e. The smallest absolute Gasteiger partial charge is 0.406 e. The van der Waals surface area contributed by atoms with E-state index in [1.807, 2.05) is 0 Å². The minimum Gasteiger partial charge on any atom is -0.481 e. The second-order valence-corrected chi connectivity index (χ2v) is 10.2. The van der Waals surface area contributed by atoms with Crippen molar-refractivity contribution in [1.82, 2.24) is 0 Å². The van der Waals surface area contributed by atoms with Crippen LogP contribution in [0.1, 0.15) is 30.9 Å². The van der Waals surface area contributed by atoms with E-state index in [0.29, 0.717) is 12.1 Å². The van der Waals surface area contributed by atoms with E-state index < -0.39 is 49.8 Å². The number of aliphatic carboxylic acids is 1. The summed E-state index contributed by atoms with van der Waals surface area (Å²) < 4.78 is 105. The van der Waals surface area contributed by atoms with Crippen LogP contribution >= 0.6 is 0 Å². The minimum absolute atomic E-state index is 0.0162. The molecule has 1 saturated carbocycles. The third kappa shape index (κ3) is 3.46. The minimum atomic E-state index is -5.65. The molecule has 0 unspecified atom stereocenters. The van der Waals surface area contributed by atoms with Gasteiger partial charge in [-0.15, -0.1) is 0 Å². The van der Waals surface area contributed by atoms with Crippen molar-refractivity contribution in [1.29, 1.82) is 0 Å². The fraction of sp³-hybridized carbons (Fsp3) is 0.381. The molecule has 0 heterocycles. The molecule has 0 radical (unpaired) electrons. The molecule has 1 aliphatic rings. The number of carbonyl (C=O) groups is 1. The number of carboxylic acids is 1. The Morgan fingerprint density at radius 1 is 0.906 bits per heavy atom. The fourth-order valence-electron chi connectivity index (χ4n) is 3.94. The first-order chi connectivity index (χ1) is 14.6. The second kappa shape index (κ2) is 7.50. The molecular weight excluding hydrogens is 462 g/mol. The number of halogens is 6. The first-order valence-electron chi connectivity index (χ1n) is 9.35. The summed E-state index contributed by atoms with van der Waals surface area (Å²) in [5.41, 5.74) is -5.32. The van der Waals surface area contributed by atoms with E-state index in [1.54, 1.807) is 6.07 Å². The maximum absolute atomic E-state index is 13.4. The van der Waals surface area contributed by atoms with Gasteiger partial charge in [0.1, 0.15) is 4.75 Å². The zero-order chi connectivity index (χ0) is 24.2. The van der Waals surface area contributed by atoms with Gasteiger partial charge >= 0.3 is 18.3 Å². The molecule has 0 aliphatic heterocycles. The van der Waals surface area contributed by atoms with Gasteiger partial charge < -0.3 is 5.11 Å². The SMILES string of the molecule is CC(c1ccc(C2(S(=O)(=O)c3ccccc3)CC(C(=O)O)C2)cc1)(C(F)(F)F)C(F)(F)F. The molecule has 2 aromatic carbocycles. The highest BCUT2D eigenvalue weighted by Gasteiger charge is 2.68. The zero-order valence-corrected chi connectivity index (χ0v) is 17.4. The van der Waals surface area contributed by atoms with Gasteiger partial charge in [-0.1, -0.05) is 42.5 Å². The van der Waals surface area contributed by atoms with Crippen molar-refractivity contribution in [2.24, 2.45) is 5.92 Å². The molecule has 2 aromatic rings. The van der Waals surface area contributed by atoms with E-state index in [4.69, 9.17) is 0 Å². The number of carboxylic acid groups (broad SMARTS) is 1.